The zero-order chi connectivity index (χ0) is 15.3. The molecule has 0 spiro atoms. The van der Waals surface area contributed by atoms with Gasteiger partial charge in [0.05, 0.1) is 25.9 Å². The second kappa shape index (κ2) is 6.69. The molecule has 9 heteroatoms. The summed E-state index contributed by atoms with van der Waals surface area (Å²) in [4.78, 5) is 11.4. The monoisotopic (exact) mass is 295 g/mol. The van der Waals surface area contributed by atoms with E-state index in [4.69, 9.17) is 4.74 Å². The van der Waals surface area contributed by atoms with Gasteiger partial charge in [-0.2, -0.15) is 13.2 Å². The van der Waals surface area contributed by atoms with E-state index in [2.05, 4.69) is 15.0 Å². The lowest BCUT2D eigenvalue weighted by Crippen LogP contribution is -2.21. The number of halogens is 3. The number of ether oxygens (including phenoxy) is 2. The summed E-state index contributed by atoms with van der Waals surface area (Å²) in [6.45, 7) is 4.85. The summed E-state index contributed by atoms with van der Waals surface area (Å²) in [5, 5.41) is 6.61. The minimum absolute atomic E-state index is 0.0341. The van der Waals surface area contributed by atoms with Gasteiger partial charge in [-0.3, -0.25) is 0 Å². The Morgan fingerprint density at radius 3 is 2.55 bits per heavy atom. The minimum Gasteiger partial charge on any atom is -0.461 e. The van der Waals surface area contributed by atoms with E-state index in [0.29, 0.717) is 4.68 Å². The summed E-state index contributed by atoms with van der Waals surface area (Å²) in [6.07, 6.45) is -4.86. The fourth-order valence-corrected chi connectivity index (χ4v) is 1.46. The molecule has 0 saturated carbocycles. The number of nitrogens with zero attached hydrogens (tertiary/aromatic N) is 3. The van der Waals surface area contributed by atoms with Crippen LogP contribution in [0.1, 0.15) is 37.0 Å². The third-order valence-electron chi connectivity index (χ3n) is 2.23. The first kappa shape index (κ1) is 16.4. The SMILES string of the molecule is CCOC(=O)c1nnn(CCOC(C)C)c1C(F)(F)F. The van der Waals surface area contributed by atoms with Crippen molar-refractivity contribution in [1.29, 1.82) is 0 Å². The Hall–Kier alpha value is -1.64. The van der Waals surface area contributed by atoms with Crippen LogP contribution < -0.4 is 0 Å². The molecular weight excluding hydrogens is 279 g/mol. The minimum atomic E-state index is -4.75. The molecular formula is C11H16F3N3O3. The van der Waals surface area contributed by atoms with Gasteiger partial charge in [0, 0.05) is 0 Å². The maximum atomic E-state index is 13.0. The van der Waals surface area contributed by atoms with Crippen LogP contribution in [0.3, 0.4) is 0 Å². The fourth-order valence-electron chi connectivity index (χ4n) is 1.46. The van der Waals surface area contributed by atoms with Crippen LogP contribution in [0.5, 0.6) is 0 Å². The highest BCUT2D eigenvalue weighted by Gasteiger charge is 2.41. The van der Waals surface area contributed by atoms with Crippen molar-refractivity contribution in [2.75, 3.05) is 13.2 Å². The Kier molecular flexibility index (Phi) is 5.49. The highest BCUT2D eigenvalue weighted by molar-refractivity contribution is 5.88. The molecule has 0 unspecified atom stereocenters. The number of rotatable bonds is 6. The number of aromatic nitrogens is 3. The van der Waals surface area contributed by atoms with E-state index < -0.39 is 23.5 Å². The third kappa shape index (κ3) is 4.19. The largest absolute Gasteiger partial charge is 0.461 e. The van der Waals surface area contributed by atoms with Crippen LogP contribution >= 0.6 is 0 Å². The van der Waals surface area contributed by atoms with Gasteiger partial charge in [0.15, 0.2) is 5.69 Å². The highest BCUT2D eigenvalue weighted by Crippen LogP contribution is 2.31. The highest BCUT2D eigenvalue weighted by atomic mass is 19.4. The molecule has 6 nitrogen and oxygen atoms in total. The smallest absolute Gasteiger partial charge is 0.435 e. The zero-order valence-corrected chi connectivity index (χ0v) is 11.4. The topological polar surface area (TPSA) is 66.2 Å². The van der Waals surface area contributed by atoms with E-state index >= 15 is 0 Å². The molecule has 0 aromatic carbocycles. The molecule has 0 amide bonds. The molecule has 1 aromatic heterocycles. The number of hydrogen-bond donors (Lipinski definition) is 0. The average Bonchev–Trinajstić information content (AvgIpc) is 2.72. The summed E-state index contributed by atoms with van der Waals surface area (Å²) in [7, 11) is 0. The first-order chi connectivity index (χ1) is 9.27. The van der Waals surface area contributed by atoms with Crippen LogP contribution in [0.15, 0.2) is 0 Å². The normalized spacial score (nSPS) is 11.9. The van der Waals surface area contributed by atoms with Gasteiger partial charge in [-0.25, -0.2) is 9.48 Å². The quantitative estimate of drug-likeness (QED) is 0.750. The maximum absolute atomic E-state index is 13.0. The van der Waals surface area contributed by atoms with E-state index in [1.807, 2.05) is 0 Å². The molecule has 1 rings (SSSR count). The molecule has 0 atom stereocenters. The third-order valence-corrected chi connectivity index (χ3v) is 2.23. The van der Waals surface area contributed by atoms with Crippen molar-refractivity contribution < 1.29 is 27.4 Å². The lowest BCUT2D eigenvalue weighted by atomic mass is 10.3. The number of esters is 1. The van der Waals surface area contributed by atoms with Crippen LogP contribution in [0, 0.1) is 0 Å². The van der Waals surface area contributed by atoms with Crippen LogP contribution in [-0.2, 0) is 22.2 Å². The molecule has 0 fully saturated rings. The van der Waals surface area contributed by atoms with Crippen LogP contribution in [-0.4, -0.2) is 40.3 Å². The van der Waals surface area contributed by atoms with E-state index in [9.17, 15) is 18.0 Å². The predicted molar refractivity (Wildman–Crippen MR) is 62.1 cm³/mol. The lowest BCUT2D eigenvalue weighted by Gasteiger charge is -2.12. The first-order valence-corrected chi connectivity index (χ1v) is 6.06. The van der Waals surface area contributed by atoms with Gasteiger partial charge < -0.3 is 9.47 Å². The van der Waals surface area contributed by atoms with Crippen molar-refractivity contribution in [3.63, 3.8) is 0 Å². The van der Waals surface area contributed by atoms with E-state index in [-0.39, 0.29) is 25.9 Å². The number of alkyl halides is 3. The molecule has 0 radical (unpaired) electrons. The Bertz CT molecular complexity index is 458. The molecule has 0 aliphatic rings. The summed E-state index contributed by atoms with van der Waals surface area (Å²) in [6, 6.07) is 0. The number of carbonyl (C=O) groups is 1. The van der Waals surface area contributed by atoms with Crippen LogP contribution in [0.2, 0.25) is 0 Å². The van der Waals surface area contributed by atoms with Crippen molar-refractivity contribution in [1.82, 2.24) is 15.0 Å². The Morgan fingerprint density at radius 1 is 1.40 bits per heavy atom. The van der Waals surface area contributed by atoms with E-state index in [1.54, 1.807) is 13.8 Å². The lowest BCUT2D eigenvalue weighted by molar-refractivity contribution is -0.145. The zero-order valence-electron chi connectivity index (χ0n) is 11.4. The molecule has 1 aromatic rings. The number of hydrogen-bond acceptors (Lipinski definition) is 5. The second-order valence-electron chi connectivity index (χ2n) is 4.15. The molecule has 0 aliphatic carbocycles. The molecule has 1 heterocycles. The van der Waals surface area contributed by atoms with Gasteiger partial charge in [-0.15, -0.1) is 5.10 Å². The van der Waals surface area contributed by atoms with Gasteiger partial charge in [-0.1, -0.05) is 5.21 Å². The van der Waals surface area contributed by atoms with Crippen LogP contribution in [0.4, 0.5) is 13.2 Å². The molecule has 0 aliphatic heterocycles. The van der Waals surface area contributed by atoms with Crippen molar-refractivity contribution in [2.24, 2.45) is 0 Å². The van der Waals surface area contributed by atoms with E-state index in [1.165, 1.54) is 6.92 Å². The molecule has 0 bridgehead atoms. The fraction of sp³-hybridized carbons (Fsp3) is 0.727. The van der Waals surface area contributed by atoms with Gasteiger partial charge >= 0.3 is 12.1 Å². The van der Waals surface area contributed by atoms with Gasteiger partial charge in [0.25, 0.3) is 0 Å². The Balaban J connectivity index is 2.98. The molecule has 20 heavy (non-hydrogen) atoms. The number of carbonyl (C=O) groups excluding carboxylic acids is 1. The Morgan fingerprint density at radius 2 is 2.05 bits per heavy atom. The summed E-state index contributed by atoms with van der Waals surface area (Å²) in [5.74, 6) is -1.14. The Labute approximate surface area is 113 Å². The first-order valence-electron chi connectivity index (χ1n) is 6.06. The van der Waals surface area contributed by atoms with Gasteiger partial charge in [0.2, 0.25) is 5.69 Å². The summed E-state index contributed by atoms with van der Waals surface area (Å²) in [5.41, 5.74) is -2.05. The van der Waals surface area contributed by atoms with E-state index in [0.717, 1.165) is 0 Å². The standard InChI is InChI=1S/C11H16F3N3O3/c1-4-19-10(18)8-9(11(12,13)14)17(16-15-8)5-6-20-7(2)3/h7H,4-6H2,1-3H3. The summed E-state index contributed by atoms with van der Waals surface area (Å²) >= 11 is 0. The molecule has 0 N–H and O–H groups in total. The van der Waals surface area contributed by atoms with Gasteiger partial charge in [-0.05, 0) is 20.8 Å². The summed E-state index contributed by atoms with van der Waals surface area (Å²) < 4.78 is 49.2. The molecule has 0 saturated heterocycles. The van der Waals surface area contributed by atoms with Crippen molar-refractivity contribution in [3.8, 4) is 0 Å². The van der Waals surface area contributed by atoms with Crippen LogP contribution in [0.25, 0.3) is 0 Å². The van der Waals surface area contributed by atoms with Crippen molar-refractivity contribution in [3.05, 3.63) is 11.4 Å². The second-order valence-corrected chi connectivity index (χ2v) is 4.15. The molecule has 114 valence electrons. The predicted octanol–water partition coefficient (Wildman–Crippen LogP) is 1.90. The maximum Gasteiger partial charge on any atom is 0.435 e. The average molecular weight is 295 g/mol. The van der Waals surface area contributed by atoms with Gasteiger partial charge in [0.1, 0.15) is 0 Å². The van der Waals surface area contributed by atoms with Crippen molar-refractivity contribution >= 4 is 5.97 Å². The van der Waals surface area contributed by atoms with Crippen molar-refractivity contribution in [2.45, 2.75) is 39.6 Å².